The molecule has 0 atom stereocenters. The number of carbonyl (C=O) groups excluding carboxylic acids is 1. The van der Waals surface area contributed by atoms with Gasteiger partial charge in [-0.2, -0.15) is 18.3 Å². The predicted octanol–water partition coefficient (Wildman–Crippen LogP) is 6.82. The molecule has 0 saturated carbocycles. The maximum absolute atomic E-state index is 13.7. The minimum Gasteiger partial charge on any atom is -0.481 e. The van der Waals surface area contributed by atoms with Gasteiger partial charge in [-0.05, 0) is 66.4 Å². The first-order valence-corrected chi connectivity index (χ1v) is 12.7. The monoisotopic (exact) mass is 561 g/mol. The van der Waals surface area contributed by atoms with Crippen molar-refractivity contribution in [3.05, 3.63) is 119 Å². The third-order valence-electron chi connectivity index (χ3n) is 7.02. The summed E-state index contributed by atoms with van der Waals surface area (Å²) in [4.78, 5) is 26.9. The molecule has 0 aliphatic heterocycles. The largest absolute Gasteiger partial charge is 0.481 e. The van der Waals surface area contributed by atoms with Crippen LogP contribution in [0.25, 0.3) is 16.6 Å². The van der Waals surface area contributed by atoms with Crippen molar-refractivity contribution >= 4 is 17.4 Å². The molecule has 1 amide bonds. The highest BCUT2D eigenvalue weighted by Crippen LogP contribution is 2.32. The van der Waals surface area contributed by atoms with Crippen LogP contribution in [0.4, 0.5) is 13.2 Å². The number of aliphatic carboxylic acids is 1. The van der Waals surface area contributed by atoms with Gasteiger partial charge in [0.25, 0.3) is 5.91 Å². The Morgan fingerprint density at radius 3 is 2.37 bits per heavy atom. The number of halogens is 3. The van der Waals surface area contributed by atoms with E-state index in [0.717, 1.165) is 22.8 Å². The first-order valence-electron chi connectivity index (χ1n) is 12.7. The second kappa shape index (κ2) is 10.6. The lowest BCUT2D eigenvalue weighted by Crippen LogP contribution is -2.30. The molecule has 0 radical (unpaired) electrons. The van der Waals surface area contributed by atoms with Crippen molar-refractivity contribution in [1.82, 2.24) is 14.5 Å². The number of pyridine rings is 1. The third kappa shape index (κ3) is 5.72. The van der Waals surface area contributed by atoms with Crippen LogP contribution in [0.2, 0.25) is 0 Å². The van der Waals surface area contributed by atoms with Crippen LogP contribution in [0, 0.1) is 0 Å². The van der Waals surface area contributed by atoms with Crippen LogP contribution < -0.4 is 0 Å². The van der Waals surface area contributed by atoms with Crippen LogP contribution >= 0.6 is 0 Å². The van der Waals surface area contributed by atoms with E-state index in [0.29, 0.717) is 16.6 Å². The summed E-state index contributed by atoms with van der Waals surface area (Å²) in [5.41, 5.74) is 2.94. The molecule has 1 N–H and O–H groups in total. The van der Waals surface area contributed by atoms with E-state index < -0.39 is 29.2 Å². The quantitative estimate of drug-likeness (QED) is 0.225. The summed E-state index contributed by atoms with van der Waals surface area (Å²) in [6, 6.07) is 21.7. The molecule has 0 bridgehead atoms. The zero-order valence-electron chi connectivity index (χ0n) is 22.2. The van der Waals surface area contributed by atoms with Crippen LogP contribution in [0.5, 0.6) is 0 Å². The Morgan fingerprint density at radius 2 is 1.68 bits per heavy atom. The summed E-state index contributed by atoms with van der Waals surface area (Å²) in [6.45, 7) is 3.20. The lowest BCUT2D eigenvalue weighted by atomic mass is 9.83. The van der Waals surface area contributed by atoms with Crippen LogP contribution in [0.3, 0.4) is 0 Å². The van der Waals surface area contributed by atoms with E-state index in [-0.39, 0.29) is 18.8 Å². The number of rotatable bonds is 8. The number of aromatic nitrogens is 2. The second-order valence-electron chi connectivity index (χ2n) is 10.2. The van der Waals surface area contributed by atoms with E-state index in [1.807, 2.05) is 36.4 Å². The SMILES string of the molecule is CC(C)(C(=O)O)c1cccc(-c2ccc(CN(Cc3ccc(C(F)(F)F)o3)C(=O)c3cccn4nccc34)cc2)c1. The second-order valence-corrected chi connectivity index (χ2v) is 10.2. The van der Waals surface area contributed by atoms with Crippen molar-refractivity contribution in [1.29, 1.82) is 0 Å². The Hall–Kier alpha value is -4.86. The average Bonchev–Trinajstić information content (AvgIpc) is 3.62. The number of furan rings is 1. The Morgan fingerprint density at radius 1 is 0.927 bits per heavy atom. The summed E-state index contributed by atoms with van der Waals surface area (Å²) in [5.74, 6) is -2.45. The van der Waals surface area contributed by atoms with E-state index in [4.69, 9.17) is 4.42 Å². The minimum atomic E-state index is -4.64. The van der Waals surface area contributed by atoms with Gasteiger partial charge in [-0.3, -0.25) is 9.59 Å². The number of benzene rings is 2. The average molecular weight is 562 g/mol. The third-order valence-corrected chi connectivity index (χ3v) is 7.02. The fourth-order valence-corrected chi connectivity index (χ4v) is 4.54. The number of nitrogens with zero attached hydrogens (tertiary/aromatic N) is 3. The number of amides is 1. The summed E-state index contributed by atoms with van der Waals surface area (Å²) < 4.78 is 46.0. The molecule has 0 saturated heterocycles. The van der Waals surface area contributed by atoms with E-state index in [1.54, 1.807) is 61.1 Å². The summed E-state index contributed by atoms with van der Waals surface area (Å²) in [5, 5.41) is 13.8. The van der Waals surface area contributed by atoms with Gasteiger partial charge in [-0.1, -0.05) is 48.5 Å². The molecular formula is C31H26F3N3O4. The molecule has 41 heavy (non-hydrogen) atoms. The Bertz CT molecular complexity index is 1720. The Balaban J connectivity index is 1.44. The molecule has 3 aromatic heterocycles. The van der Waals surface area contributed by atoms with Gasteiger partial charge < -0.3 is 14.4 Å². The predicted molar refractivity (Wildman–Crippen MR) is 145 cm³/mol. The molecule has 7 nitrogen and oxygen atoms in total. The number of hydrogen-bond acceptors (Lipinski definition) is 4. The number of hydrogen-bond donors (Lipinski definition) is 1. The lowest BCUT2D eigenvalue weighted by molar-refractivity contribution is -0.153. The molecular weight excluding hydrogens is 535 g/mol. The van der Waals surface area contributed by atoms with Gasteiger partial charge in [-0.15, -0.1) is 0 Å². The molecule has 0 aliphatic rings. The molecule has 0 spiro atoms. The van der Waals surface area contributed by atoms with Crippen molar-refractivity contribution in [3.8, 4) is 11.1 Å². The Labute approximate surface area is 233 Å². The number of carboxylic acids is 1. The van der Waals surface area contributed by atoms with Gasteiger partial charge in [0.15, 0.2) is 0 Å². The smallest absolute Gasteiger partial charge is 0.449 e. The molecule has 5 rings (SSSR count). The van der Waals surface area contributed by atoms with E-state index >= 15 is 0 Å². The van der Waals surface area contributed by atoms with Gasteiger partial charge in [0.1, 0.15) is 5.76 Å². The van der Waals surface area contributed by atoms with Gasteiger partial charge >= 0.3 is 12.1 Å². The van der Waals surface area contributed by atoms with E-state index in [9.17, 15) is 27.9 Å². The fourth-order valence-electron chi connectivity index (χ4n) is 4.54. The zero-order valence-corrected chi connectivity index (χ0v) is 22.2. The van der Waals surface area contributed by atoms with Gasteiger partial charge in [0, 0.05) is 12.7 Å². The maximum Gasteiger partial charge on any atom is 0.449 e. The van der Waals surface area contributed by atoms with Gasteiger partial charge in [0.2, 0.25) is 5.76 Å². The number of carboxylic acid groups (broad SMARTS) is 1. The van der Waals surface area contributed by atoms with Gasteiger partial charge in [-0.25, -0.2) is 4.52 Å². The highest BCUT2D eigenvalue weighted by molar-refractivity contribution is 6.00. The zero-order chi connectivity index (χ0) is 29.4. The van der Waals surface area contributed by atoms with Gasteiger partial charge in [0.05, 0.1) is 29.2 Å². The van der Waals surface area contributed by atoms with E-state index in [1.165, 1.54) is 11.0 Å². The summed E-state index contributed by atoms with van der Waals surface area (Å²) >= 11 is 0. The molecule has 0 fully saturated rings. The van der Waals surface area contributed by atoms with E-state index in [2.05, 4.69) is 5.10 Å². The van der Waals surface area contributed by atoms with Crippen molar-refractivity contribution in [2.24, 2.45) is 0 Å². The van der Waals surface area contributed by atoms with Crippen molar-refractivity contribution in [2.75, 3.05) is 0 Å². The molecule has 5 aromatic rings. The lowest BCUT2D eigenvalue weighted by Gasteiger charge is -2.23. The summed E-state index contributed by atoms with van der Waals surface area (Å²) in [6.07, 6.45) is -1.38. The molecule has 3 heterocycles. The summed E-state index contributed by atoms with van der Waals surface area (Å²) in [7, 11) is 0. The topological polar surface area (TPSA) is 88.0 Å². The molecule has 2 aromatic carbocycles. The van der Waals surface area contributed by atoms with Crippen molar-refractivity contribution in [3.63, 3.8) is 0 Å². The normalized spacial score (nSPS) is 12.0. The molecule has 10 heteroatoms. The van der Waals surface area contributed by atoms with Crippen LogP contribution in [0.15, 0.2) is 95.7 Å². The van der Waals surface area contributed by atoms with Crippen LogP contribution in [0.1, 0.15) is 46.9 Å². The first-order chi connectivity index (χ1) is 19.4. The Kier molecular flexibility index (Phi) is 7.17. The van der Waals surface area contributed by atoms with Crippen molar-refractivity contribution < 1.29 is 32.3 Å². The standard InChI is InChI=1S/C31H26F3N3O4/c1-30(2,29(39)40)23-6-3-5-22(17-23)21-10-8-20(9-11-21)18-36(19-24-12-13-27(41-24)31(32,33)34)28(38)25-7-4-16-37-26(25)14-15-35-37/h3-17H,18-19H2,1-2H3,(H,39,40). The highest BCUT2D eigenvalue weighted by Gasteiger charge is 2.35. The minimum absolute atomic E-state index is 0.000569. The number of alkyl halides is 3. The number of carbonyl (C=O) groups is 2. The van der Waals surface area contributed by atoms with Crippen LogP contribution in [-0.2, 0) is 29.5 Å². The van der Waals surface area contributed by atoms with Crippen molar-refractivity contribution in [2.45, 2.75) is 38.5 Å². The fraction of sp³-hybridized carbons (Fsp3) is 0.194. The van der Waals surface area contributed by atoms with Crippen LogP contribution in [-0.4, -0.2) is 31.5 Å². The highest BCUT2D eigenvalue weighted by atomic mass is 19.4. The number of fused-ring (bicyclic) bond motifs is 1. The molecule has 0 aliphatic carbocycles. The molecule has 210 valence electrons. The molecule has 0 unspecified atom stereocenters. The maximum atomic E-state index is 13.7. The first kappa shape index (κ1) is 27.7.